The molecule has 1 atom stereocenters. The number of benzene rings is 1. The molecular weight excluding hydrogens is 316 g/mol. The first-order valence-corrected chi connectivity index (χ1v) is 9.02. The molecule has 1 aromatic carbocycles. The highest BCUT2D eigenvalue weighted by atomic mass is 16.5. The van der Waals surface area contributed by atoms with Crippen LogP contribution in [0.1, 0.15) is 30.4 Å². The average Bonchev–Trinajstić information content (AvgIpc) is 3.26. The van der Waals surface area contributed by atoms with Crippen molar-refractivity contribution in [1.29, 1.82) is 5.26 Å². The number of nitrogens with one attached hydrogen (secondary N) is 1. The summed E-state index contributed by atoms with van der Waals surface area (Å²) in [5.41, 5.74) is 3.82. The third-order valence-corrected chi connectivity index (χ3v) is 5.20. The number of anilines is 1. The highest BCUT2D eigenvalue weighted by Gasteiger charge is 2.21. The smallest absolute Gasteiger partial charge is 0.290 e. The average molecular weight is 338 g/mol. The summed E-state index contributed by atoms with van der Waals surface area (Å²) < 4.78 is 0. The summed E-state index contributed by atoms with van der Waals surface area (Å²) in [6.45, 7) is 3.53. The van der Waals surface area contributed by atoms with Crippen LogP contribution in [0, 0.1) is 22.5 Å². The van der Waals surface area contributed by atoms with Crippen molar-refractivity contribution in [2.45, 2.75) is 32.1 Å². The molecule has 130 valence electrons. The zero-order chi connectivity index (χ0) is 17.2. The lowest BCUT2D eigenvalue weighted by molar-refractivity contribution is -0.641. The van der Waals surface area contributed by atoms with Crippen LogP contribution < -0.4 is 10.2 Å². The number of nitriles is 1. The standard InChI is InChI=1S/C18H22N6O/c19-11-13-5-8-23(12-13)7-2-6-20-18-21-16-9-14-3-1-4-15(14)10-17(16)24(25)22-18/h9-10,13H,1-8,12H2,(H,20,21,22). The Hall–Kier alpha value is -2.46. The van der Waals surface area contributed by atoms with Gasteiger partial charge >= 0.3 is 0 Å². The number of fused-ring (bicyclic) bond motifs is 2. The van der Waals surface area contributed by atoms with Gasteiger partial charge in [-0.1, -0.05) is 0 Å². The van der Waals surface area contributed by atoms with E-state index in [4.69, 9.17) is 5.26 Å². The molecule has 1 saturated heterocycles. The third-order valence-electron chi connectivity index (χ3n) is 5.20. The van der Waals surface area contributed by atoms with Gasteiger partial charge in [-0.3, -0.25) is 0 Å². The van der Waals surface area contributed by atoms with Gasteiger partial charge in [0.2, 0.25) is 0 Å². The van der Waals surface area contributed by atoms with Crippen molar-refractivity contribution in [3.05, 3.63) is 28.5 Å². The molecule has 1 fully saturated rings. The molecule has 0 spiro atoms. The molecule has 2 aromatic rings. The fraction of sp³-hybridized carbons (Fsp3) is 0.556. The van der Waals surface area contributed by atoms with Gasteiger partial charge in [-0.15, -0.1) is 0 Å². The first-order chi connectivity index (χ1) is 12.2. The lowest BCUT2D eigenvalue weighted by atomic mass is 10.1. The zero-order valence-corrected chi connectivity index (χ0v) is 14.2. The van der Waals surface area contributed by atoms with Crippen molar-refractivity contribution in [3.63, 3.8) is 0 Å². The Labute approximate surface area is 146 Å². The van der Waals surface area contributed by atoms with Crippen LogP contribution in [0.4, 0.5) is 5.95 Å². The van der Waals surface area contributed by atoms with Gasteiger partial charge in [0.25, 0.3) is 11.5 Å². The largest absolute Gasteiger partial charge is 0.594 e. The van der Waals surface area contributed by atoms with E-state index in [2.05, 4.69) is 26.4 Å². The quantitative estimate of drug-likeness (QED) is 0.503. The number of aromatic nitrogens is 3. The van der Waals surface area contributed by atoms with Crippen LogP contribution in [0.15, 0.2) is 12.1 Å². The molecule has 2 heterocycles. The zero-order valence-electron chi connectivity index (χ0n) is 14.2. The lowest BCUT2D eigenvalue weighted by Crippen LogP contribution is -2.34. The van der Waals surface area contributed by atoms with Gasteiger partial charge in [-0.2, -0.15) is 5.26 Å². The Kier molecular flexibility index (Phi) is 4.36. The topological polar surface area (TPSA) is 91.8 Å². The van der Waals surface area contributed by atoms with Gasteiger partial charge < -0.3 is 15.4 Å². The molecule has 1 unspecified atom stereocenters. The predicted molar refractivity (Wildman–Crippen MR) is 93.8 cm³/mol. The highest BCUT2D eigenvalue weighted by molar-refractivity contribution is 5.74. The van der Waals surface area contributed by atoms with E-state index in [9.17, 15) is 5.21 Å². The van der Waals surface area contributed by atoms with E-state index in [1.165, 1.54) is 11.1 Å². The minimum absolute atomic E-state index is 0.179. The predicted octanol–water partition coefficient (Wildman–Crippen LogP) is 1.40. The van der Waals surface area contributed by atoms with Crippen molar-refractivity contribution in [2.75, 3.05) is 31.5 Å². The molecule has 0 radical (unpaired) electrons. The van der Waals surface area contributed by atoms with Gasteiger partial charge in [-0.25, -0.2) is 4.98 Å². The van der Waals surface area contributed by atoms with Crippen LogP contribution >= 0.6 is 0 Å². The molecule has 1 aliphatic carbocycles. The van der Waals surface area contributed by atoms with E-state index < -0.39 is 0 Å². The third kappa shape index (κ3) is 3.35. The monoisotopic (exact) mass is 338 g/mol. The summed E-state index contributed by atoms with van der Waals surface area (Å²) in [4.78, 5) is 7.50. The van der Waals surface area contributed by atoms with E-state index in [0.717, 1.165) is 51.7 Å². The summed E-state index contributed by atoms with van der Waals surface area (Å²) in [5, 5.41) is 28.3. The SMILES string of the molecule is N#CC1CCN(CCCNc2nc3cc4c(cc3[n+]([O-])n2)CCC4)C1. The first kappa shape index (κ1) is 16.0. The molecule has 0 bridgehead atoms. The number of aryl methyl sites for hydroxylation is 2. The summed E-state index contributed by atoms with van der Waals surface area (Å²) in [6.07, 6.45) is 5.15. The van der Waals surface area contributed by atoms with Crippen LogP contribution in [0.5, 0.6) is 0 Å². The van der Waals surface area contributed by atoms with Crippen LogP contribution in [0.25, 0.3) is 11.0 Å². The highest BCUT2D eigenvalue weighted by Crippen LogP contribution is 2.25. The second kappa shape index (κ2) is 6.81. The summed E-state index contributed by atoms with van der Waals surface area (Å²) in [7, 11) is 0. The molecule has 2 aliphatic rings. The van der Waals surface area contributed by atoms with E-state index in [1.54, 1.807) is 0 Å². The number of likely N-dealkylation sites (tertiary alicyclic amines) is 1. The Morgan fingerprint density at radius 1 is 1.36 bits per heavy atom. The second-order valence-electron chi connectivity index (χ2n) is 6.97. The Bertz CT molecular complexity index is 830. The van der Waals surface area contributed by atoms with Gasteiger partial charge in [0.1, 0.15) is 5.52 Å². The van der Waals surface area contributed by atoms with E-state index in [1.807, 2.05) is 12.1 Å². The van der Waals surface area contributed by atoms with Gasteiger partial charge in [0, 0.05) is 19.2 Å². The van der Waals surface area contributed by atoms with E-state index in [0.29, 0.717) is 28.4 Å². The molecule has 0 saturated carbocycles. The maximum absolute atomic E-state index is 12.2. The second-order valence-corrected chi connectivity index (χ2v) is 6.97. The van der Waals surface area contributed by atoms with Crippen LogP contribution in [-0.4, -0.2) is 41.2 Å². The maximum atomic E-state index is 12.2. The number of rotatable bonds is 5. The number of hydrogen-bond donors (Lipinski definition) is 1. The molecule has 1 aliphatic heterocycles. The normalized spacial score (nSPS) is 19.9. The molecule has 7 heteroatoms. The van der Waals surface area contributed by atoms with Gasteiger partial charge in [0.15, 0.2) is 0 Å². The number of hydrogen-bond acceptors (Lipinski definition) is 6. The lowest BCUT2D eigenvalue weighted by Gasteiger charge is -2.14. The van der Waals surface area contributed by atoms with Crippen molar-refractivity contribution in [1.82, 2.24) is 15.0 Å². The minimum Gasteiger partial charge on any atom is -0.594 e. The fourth-order valence-corrected chi connectivity index (χ4v) is 3.84. The fourth-order valence-electron chi connectivity index (χ4n) is 3.84. The van der Waals surface area contributed by atoms with Crippen LogP contribution in [0.2, 0.25) is 0 Å². The van der Waals surface area contributed by atoms with Crippen LogP contribution in [0.3, 0.4) is 0 Å². The minimum atomic E-state index is 0.179. The molecule has 0 amide bonds. The van der Waals surface area contributed by atoms with E-state index >= 15 is 0 Å². The summed E-state index contributed by atoms with van der Waals surface area (Å²) >= 11 is 0. The van der Waals surface area contributed by atoms with Crippen molar-refractivity contribution >= 4 is 17.0 Å². The Morgan fingerprint density at radius 2 is 2.20 bits per heavy atom. The molecule has 25 heavy (non-hydrogen) atoms. The molecule has 4 rings (SSSR count). The Morgan fingerprint density at radius 3 is 3.00 bits per heavy atom. The van der Waals surface area contributed by atoms with Crippen molar-refractivity contribution in [3.8, 4) is 6.07 Å². The first-order valence-electron chi connectivity index (χ1n) is 9.02. The van der Waals surface area contributed by atoms with Gasteiger partial charge in [0.05, 0.1) is 17.1 Å². The van der Waals surface area contributed by atoms with Crippen molar-refractivity contribution in [2.24, 2.45) is 5.92 Å². The van der Waals surface area contributed by atoms with Gasteiger partial charge in [-0.05, 0) is 67.2 Å². The molecular formula is C18H22N6O. The molecule has 1 aromatic heterocycles. The number of nitrogens with zero attached hydrogens (tertiary/aromatic N) is 5. The van der Waals surface area contributed by atoms with Crippen molar-refractivity contribution < 1.29 is 4.85 Å². The molecule has 1 N–H and O–H groups in total. The van der Waals surface area contributed by atoms with Crippen LogP contribution in [-0.2, 0) is 12.8 Å². The molecule has 7 nitrogen and oxygen atoms in total. The Balaban J connectivity index is 1.37. The van der Waals surface area contributed by atoms with E-state index in [-0.39, 0.29) is 5.92 Å². The maximum Gasteiger partial charge on any atom is 0.290 e. The summed E-state index contributed by atoms with van der Waals surface area (Å²) in [5.74, 6) is 0.565. The summed E-state index contributed by atoms with van der Waals surface area (Å²) in [6, 6.07) is 6.31.